The minimum Gasteiger partial charge on any atom is -0.487 e. The molecule has 28 heavy (non-hydrogen) atoms. The van der Waals surface area contributed by atoms with E-state index in [1.807, 2.05) is 6.07 Å². The minimum atomic E-state index is -0.418. The van der Waals surface area contributed by atoms with Gasteiger partial charge >= 0.3 is 6.03 Å². The molecule has 2 aromatic carbocycles. The Kier molecular flexibility index (Phi) is 6.70. The molecular weight excluding hydrogens is 535 g/mol. The average Bonchev–Trinajstić information content (AvgIpc) is 2.90. The van der Waals surface area contributed by atoms with Gasteiger partial charge in [-0.25, -0.2) is 4.79 Å². The first-order valence-electron chi connectivity index (χ1n) is 8.20. The lowest BCUT2D eigenvalue weighted by Crippen LogP contribution is -2.30. The fourth-order valence-corrected chi connectivity index (χ4v) is 4.38. The lowest BCUT2D eigenvalue weighted by atomic mass is 10.2. The zero-order valence-corrected chi connectivity index (χ0v) is 19.2. The van der Waals surface area contributed by atoms with Gasteiger partial charge in [-0.05, 0) is 80.3 Å². The molecule has 0 unspecified atom stereocenters. The Labute approximate surface area is 188 Å². The molecular formula is C19H14Br2Cl2N2O3. The summed E-state index contributed by atoms with van der Waals surface area (Å²) in [6, 6.07) is 8.49. The number of hydrogen-bond donors (Lipinski definition) is 1. The molecule has 0 saturated carbocycles. The van der Waals surface area contributed by atoms with E-state index in [-0.39, 0.29) is 11.6 Å². The number of nitrogens with one attached hydrogen (secondary N) is 1. The third-order valence-corrected chi connectivity index (χ3v) is 5.89. The minimum absolute atomic E-state index is 0.232. The van der Waals surface area contributed by atoms with E-state index in [4.69, 9.17) is 27.9 Å². The van der Waals surface area contributed by atoms with Crippen LogP contribution in [0.2, 0.25) is 10.0 Å². The zero-order valence-electron chi connectivity index (χ0n) is 14.6. The first-order valence-corrected chi connectivity index (χ1v) is 10.5. The van der Waals surface area contributed by atoms with Gasteiger partial charge in [0.15, 0.2) is 0 Å². The van der Waals surface area contributed by atoms with E-state index in [0.29, 0.717) is 37.9 Å². The molecule has 1 aliphatic rings. The molecule has 3 rings (SSSR count). The molecule has 1 aliphatic heterocycles. The van der Waals surface area contributed by atoms with Gasteiger partial charge in [0.1, 0.15) is 18.1 Å². The summed E-state index contributed by atoms with van der Waals surface area (Å²) in [4.78, 5) is 25.1. The summed E-state index contributed by atoms with van der Waals surface area (Å²) in [7, 11) is 0. The Morgan fingerprint density at radius 2 is 1.79 bits per heavy atom. The number of imide groups is 1. The summed E-state index contributed by atoms with van der Waals surface area (Å²) in [5.74, 6) is 0.255. The number of benzene rings is 2. The van der Waals surface area contributed by atoms with Crippen molar-refractivity contribution in [1.82, 2.24) is 10.2 Å². The van der Waals surface area contributed by atoms with Gasteiger partial charge in [0.25, 0.3) is 5.91 Å². The largest absolute Gasteiger partial charge is 0.487 e. The smallest absolute Gasteiger partial charge is 0.328 e. The van der Waals surface area contributed by atoms with Crippen molar-refractivity contribution in [3.63, 3.8) is 0 Å². The summed E-state index contributed by atoms with van der Waals surface area (Å²) in [6.45, 7) is 2.36. The predicted molar refractivity (Wildman–Crippen MR) is 117 cm³/mol. The Hall–Kier alpha value is -1.54. The Bertz CT molecular complexity index is 972. The van der Waals surface area contributed by atoms with Crippen molar-refractivity contribution < 1.29 is 14.3 Å². The number of halogens is 4. The standard InChI is InChI=1S/C19H14Br2Cl2N2O3/c1-2-25-18(26)16(24-19(25)27)8-11-5-12(20)17(13(21)6-11)28-9-10-3-4-14(22)15(23)7-10/h3-8H,2,9H2,1H3,(H,24,27)/b16-8+. The molecule has 0 spiro atoms. The van der Waals surface area contributed by atoms with Crippen molar-refractivity contribution in [2.24, 2.45) is 0 Å². The van der Waals surface area contributed by atoms with E-state index in [9.17, 15) is 9.59 Å². The van der Waals surface area contributed by atoms with Crippen LogP contribution >= 0.6 is 55.1 Å². The van der Waals surface area contributed by atoms with Gasteiger partial charge in [-0.2, -0.15) is 0 Å². The van der Waals surface area contributed by atoms with Crippen LogP contribution in [-0.2, 0) is 11.4 Å². The Morgan fingerprint density at radius 1 is 1.11 bits per heavy atom. The van der Waals surface area contributed by atoms with Gasteiger partial charge in [0.05, 0.1) is 19.0 Å². The Balaban J connectivity index is 1.79. The molecule has 1 N–H and O–H groups in total. The van der Waals surface area contributed by atoms with Crippen LogP contribution in [0.25, 0.3) is 6.08 Å². The van der Waals surface area contributed by atoms with Crippen LogP contribution in [0.3, 0.4) is 0 Å². The maximum absolute atomic E-state index is 12.2. The molecule has 0 aromatic heterocycles. The fourth-order valence-electron chi connectivity index (χ4n) is 2.61. The number of likely N-dealkylation sites (N-methyl/N-ethyl adjacent to an activating group) is 1. The second-order valence-electron chi connectivity index (χ2n) is 5.89. The van der Waals surface area contributed by atoms with Gasteiger partial charge in [-0.15, -0.1) is 0 Å². The summed E-state index contributed by atoms with van der Waals surface area (Å²) in [5.41, 5.74) is 1.83. The highest BCUT2D eigenvalue weighted by atomic mass is 79.9. The number of urea groups is 1. The van der Waals surface area contributed by atoms with Crippen LogP contribution in [-0.4, -0.2) is 23.4 Å². The molecule has 9 heteroatoms. The molecule has 0 aliphatic carbocycles. The normalized spacial score (nSPS) is 15.3. The average molecular weight is 549 g/mol. The number of carbonyl (C=O) groups is 2. The summed E-state index contributed by atoms with van der Waals surface area (Å²) in [5, 5.41) is 3.53. The van der Waals surface area contributed by atoms with Crippen molar-refractivity contribution in [1.29, 1.82) is 0 Å². The van der Waals surface area contributed by atoms with E-state index in [1.54, 1.807) is 37.3 Å². The number of carbonyl (C=O) groups excluding carboxylic acids is 2. The molecule has 1 saturated heterocycles. The fraction of sp³-hybridized carbons (Fsp3) is 0.158. The van der Waals surface area contributed by atoms with Crippen LogP contribution in [0.15, 0.2) is 45.0 Å². The zero-order chi connectivity index (χ0) is 20.4. The van der Waals surface area contributed by atoms with Crippen LogP contribution in [0.5, 0.6) is 5.75 Å². The van der Waals surface area contributed by atoms with Crippen molar-refractivity contribution in [3.8, 4) is 5.75 Å². The number of rotatable bonds is 5. The maximum Gasteiger partial charge on any atom is 0.328 e. The number of nitrogens with zero attached hydrogens (tertiary/aromatic N) is 1. The molecule has 0 atom stereocenters. The van der Waals surface area contributed by atoms with Gasteiger partial charge in [-0.1, -0.05) is 29.3 Å². The maximum atomic E-state index is 12.2. The predicted octanol–water partition coefficient (Wildman–Crippen LogP) is 6.01. The van der Waals surface area contributed by atoms with E-state index < -0.39 is 6.03 Å². The molecule has 0 bridgehead atoms. The van der Waals surface area contributed by atoms with E-state index in [0.717, 1.165) is 16.0 Å². The molecule has 0 radical (unpaired) electrons. The SMILES string of the molecule is CCN1C(=O)N/C(=C/c2cc(Br)c(OCc3ccc(Cl)c(Cl)c3)c(Br)c2)C1=O. The van der Waals surface area contributed by atoms with Crippen molar-refractivity contribution in [3.05, 3.63) is 66.1 Å². The monoisotopic (exact) mass is 546 g/mol. The molecule has 3 amide bonds. The van der Waals surface area contributed by atoms with Gasteiger partial charge in [0.2, 0.25) is 0 Å². The molecule has 146 valence electrons. The summed E-state index contributed by atoms with van der Waals surface area (Å²) >= 11 is 18.9. The quantitative estimate of drug-likeness (QED) is 0.368. The highest BCUT2D eigenvalue weighted by Gasteiger charge is 2.32. The van der Waals surface area contributed by atoms with Crippen LogP contribution in [0.4, 0.5) is 4.79 Å². The molecule has 1 fully saturated rings. The Morgan fingerprint density at radius 3 is 2.36 bits per heavy atom. The lowest BCUT2D eigenvalue weighted by Gasteiger charge is -2.12. The van der Waals surface area contributed by atoms with Crippen molar-refractivity contribution in [2.75, 3.05) is 6.54 Å². The van der Waals surface area contributed by atoms with Gasteiger partial charge < -0.3 is 10.1 Å². The second-order valence-corrected chi connectivity index (χ2v) is 8.41. The molecule has 5 nitrogen and oxygen atoms in total. The highest BCUT2D eigenvalue weighted by Crippen LogP contribution is 2.36. The van der Waals surface area contributed by atoms with Gasteiger partial charge in [-0.3, -0.25) is 9.69 Å². The third kappa shape index (κ3) is 4.54. The summed E-state index contributed by atoms with van der Waals surface area (Å²) in [6.07, 6.45) is 1.62. The van der Waals surface area contributed by atoms with E-state index >= 15 is 0 Å². The second kappa shape index (κ2) is 8.86. The summed E-state index contributed by atoms with van der Waals surface area (Å²) < 4.78 is 7.27. The third-order valence-electron chi connectivity index (χ3n) is 3.98. The first kappa shape index (κ1) is 21.2. The van der Waals surface area contributed by atoms with Crippen LogP contribution < -0.4 is 10.1 Å². The van der Waals surface area contributed by atoms with Crippen molar-refractivity contribution >= 4 is 73.1 Å². The van der Waals surface area contributed by atoms with Gasteiger partial charge in [0, 0.05) is 6.54 Å². The highest BCUT2D eigenvalue weighted by molar-refractivity contribution is 9.11. The topological polar surface area (TPSA) is 58.6 Å². The van der Waals surface area contributed by atoms with E-state index in [1.165, 1.54) is 0 Å². The van der Waals surface area contributed by atoms with Crippen LogP contribution in [0.1, 0.15) is 18.1 Å². The number of amides is 3. The van der Waals surface area contributed by atoms with Crippen molar-refractivity contribution in [2.45, 2.75) is 13.5 Å². The first-order chi connectivity index (χ1) is 13.3. The number of hydrogen-bond acceptors (Lipinski definition) is 3. The molecule has 1 heterocycles. The number of ether oxygens (including phenoxy) is 1. The molecule has 2 aromatic rings. The van der Waals surface area contributed by atoms with E-state index in [2.05, 4.69) is 37.2 Å². The lowest BCUT2D eigenvalue weighted by molar-refractivity contribution is -0.122. The van der Waals surface area contributed by atoms with Crippen LogP contribution in [0, 0.1) is 0 Å².